The van der Waals surface area contributed by atoms with Crippen LogP contribution in [0.2, 0.25) is 0 Å². The zero-order valence-electron chi connectivity index (χ0n) is 11.3. The van der Waals surface area contributed by atoms with Crippen molar-refractivity contribution in [1.29, 1.82) is 0 Å². The van der Waals surface area contributed by atoms with Crippen molar-refractivity contribution in [3.05, 3.63) is 24.3 Å². The van der Waals surface area contributed by atoms with Gasteiger partial charge in [0.2, 0.25) is 0 Å². The van der Waals surface area contributed by atoms with Crippen LogP contribution in [-0.2, 0) is 4.79 Å². The molecule has 1 aromatic rings. The second-order valence-electron chi connectivity index (χ2n) is 5.05. The molecule has 1 aliphatic heterocycles. The molecule has 1 unspecified atom stereocenters. The lowest BCUT2D eigenvalue weighted by molar-refractivity contribution is -0.144. The highest BCUT2D eigenvalue weighted by Crippen LogP contribution is 2.31. The number of rotatable bonds is 4. The first-order chi connectivity index (χ1) is 9.07. The predicted octanol–water partition coefficient (Wildman–Crippen LogP) is 1.66. The number of carboxylic acids is 1. The monoisotopic (exact) mass is 264 g/mol. The number of hydrogen-bond acceptors (Lipinski definition) is 4. The highest BCUT2D eigenvalue weighted by atomic mass is 16.5. The number of aliphatic carboxylic acids is 1. The summed E-state index contributed by atoms with van der Waals surface area (Å²) in [4.78, 5) is 13.7. The Kier molecular flexibility index (Phi) is 3.95. The lowest BCUT2D eigenvalue weighted by Gasteiger charge is -2.39. The molecule has 5 nitrogen and oxygen atoms in total. The number of para-hydroxylation sites is 2. The standard InChI is InChI=1S/C14H20N2O3/c1-16-9-5-8-14(10-16,13(17)18)15-11-6-3-4-7-12(11)19-2/h3-4,6-7,15H,5,8-10H2,1-2H3,(H,17,18). The van der Waals surface area contributed by atoms with Crippen molar-refractivity contribution in [2.75, 3.05) is 32.6 Å². The molecule has 1 aromatic carbocycles. The summed E-state index contributed by atoms with van der Waals surface area (Å²) >= 11 is 0. The number of nitrogens with zero attached hydrogens (tertiary/aromatic N) is 1. The van der Waals surface area contributed by atoms with Crippen LogP contribution in [0.4, 0.5) is 5.69 Å². The molecule has 0 aromatic heterocycles. The molecule has 1 heterocycles. The normalized spacial score (nSPS) is 23.9. The molecule has 0 bridgehead atoms. The van der Waals surface area contributed by atoms with Gasteiger partial charge in [0, 0.05) is 6.54 Å². The van der Waals surface area contributed by atoms with E-state index in [1.54, 1.807) is 7.11 Å². The third-order valence-electron chi connectivity index (χ3n) is 3.57. The van der Waals surface area contributed by atoms with Crippen LogP contribution in [-0.4, -0.2) is 48.8 Å². The molecule has 0 saturated carbocycles. The van der Waals surface area contributed by atoms with Crippen molar-refractivity contribution in [2.45, 2.75) is 18.4 Å². The van der Waals surface area contributed by atoms with Crippen molar-refractivity contribution in [2.24, 2.45) is 0 Å². The van der Waals surface area contributed by atoms with Gasteiger partial charge in [0.1, 0.15) is 11.3 Å². The maximum Gasteiger partial charge on any atom is 0.330 e. The predicted molar refractivity (Wildman–Crippen MR) is 73.7 cm³/mol. The molecule has 104 valence electrons. The second-order valence-corrected chi connectivity index (χ2v) is 5.05. The van der Waals surface area contributed by atoms with Gasteiger partial charge in [-0.1, -0.05) is 12.1 Å². The molecule has 0 spiro atoms. The summed E-state index contributed by atoms with van der Waals surface area (Å²) < 4.78 is 5.27. The average molecular weight is 264 g/mol. The highest BCUT2D eigenvalue weighted by molar-refractivity contribution is 5.84. The molecule has 1 aliphatic rings. The van der Waals surface area contributed by atoms with Gasteiger partial charge in [-0.3, -0.25) is 0 Å². The summed E-state index contributed by atoms with van der Waals surface area (Å²) in [6.45, 7) is 1.42. The van der Waals surface area contributed by atoms with E-state index in [1.165, 1.54) is 0 Å². The first-order valence-corrected chi connectivity index (χ1v) is 6.40. The molecule has 1 fully saturated rings. The molecule has 0 amide bonds. The molecule has 2 rings (SSSR count). The number of carboxylic acid groups (broad SMARTS) is 1. The maximum atomic E-state index is 11.7. The minimum atomic E-state index is -0.943. The van der Waals surface area contributed by atoms with Gasteiger partial charge in [-0.05, 0) is 38.6 Å². The van der Waals surface area contributed by atoms with Gasteiger partial charge in [-0.25, -0.2) is 4.79 Å². The van der Waals surface area contributed by atoms with E-state index in [0.717, 1.165) is 18.7 Å². The Morgan fingerprint density at radius 3 is 2.84 bits per heavy atom. The van der Waals surface area contributed by atoms with Crippen LogP contribution in [0, 0.1) is 0 Å². The van der Waals surface area contributed by atoms with Gasteiger partial charge in [-0.15, -0.1) is 0 Å². The Hall–Kier alpha value is -1.75. The summed E-state index contributed by atoms with van der Waals surface area (Å²) in [5.74, 6) is -0.152. The number of hydrogen-bond donors (Lipinski definition) is 2. The smallest absolute Gasteiger partial charge is 0.330 e. The van der Waals surface area contributed by atoms with Crippen LogP contribution < -0.4 is 10.1 Å². The van der Waals surface area contributed by atoms with Crippen LogP contribution in [0.5, 0.6) is 5.75 Å². The largest absolute Gasteiger partial charge is 0.495 e. The maximum absolute atomic E-state index is 11.7. The zero-order valence-corrected chi connectivity index (χ0v) is 11.3. The van der Waals surface area contributed by atoms with Gasteiger partial charge in [-0.2, -0.15) is 0 Å². The quantitative estimate of drug-likeness (QED) is 0.866. The zero-order chi connectivity index (χ0) is 13.9. The first-order valence-electron chi connectivity index (χ1n) is 6.40. The van der Waals surface area contributed by atoms with E-state index in [-0.39, 0.29) is 0 Å². The van der Waals surface area contributed by atoms with Crippen molar-refractivity contribution < 1.29 is 14.6 Å². The summed E-state index contributed by atoms with van der Waals surface area (Å²) in [6.07, 6.45) is 1.48. The van der Waals surface area contributed by atoms with Crippen molar-refractivity contribution >= 4 is 11.7 Å². The van der Waals surface area contributed by atoms with Crippen LogP contribution in [0.3, 0.4) is 0 Å². The van der Waals surface area contributed by atoms with Gasteiger partial charge in [0.05, 0.1) is 12.8 Å². The fraction of sp³-hybridized carbons (Fsp3) is 0.500. The first kappa shape index (κ1) is 13.7. The Balaban J connectivity index is 2.28. The molecule has 2 N–H and O–H groups in total. The number of nitrogens with one attached hydrogen (secondary N) is 1. The lowest BCUT2D eigenvalue weighted by Crippen LogP contribution is -2.57. The molecule has 1 atom stereocenters. The minimum Gasteiger partial charge on any atom is -0.495 e. The topological polar surface area (TPSA) is 61.8 Å². The SMILES string of the molecule is COc1ccccc1NC1(C(=O)O)CCCN(C)C1. The number of likely N-dealkylation sites (N-methyl/N-ethyl adjacent to an activating group) is 1. The third kappa shape index (κ3) is 2.81. The lowest BCUT2D eigenvalue weighted by atomic mass is 9.89. The molecule has 1 saturated heterocycles. The number of methoxy groups -OCH3 is 1. The molecule has 0 radical (unpaired) electrons. The molecular formula is C14H20N2O3. The number of ether oxygens (including phenoxy) is 1. The van der Waals surface area contributed by atoms with Gasteiger partial charge in [0.25, 0.3) is 0 Å². The minimum absolute atomic E-state index is 0.486. The fourth-order valence-electron chi connectivity index (χ4n) is 2.61. The summed E-state index contributed by atoms with van der Waals surface area (Å²) in [5.41, 5.74) is -0.218. The third-order valence-corrected chi connectivity index (χ3v) is 3.57. The van der Waals surface area contributed by atoms with E-state index in [1.807, 2.05) is 36.2 Å². The van der Waals surface area contributed by atoms with E-state index in [0.29, 0.717) is 18.7 Å². The van der Waals surface area contributed by atoms with E-state index >= 15 is 0 Å². The molecule has 0 aliphatic carbocycles. The Morgan fingerprint density at radius 1 is 1.47 bits per heavy atom. The Labute approximate surface area is 113 Å². The van der Waals surface area contributed by atoms with E-state index in [2.05, 4.69) is 5.32 Å². The summed E-state index contributed by atoms with van der Waals surface area (Å²) in [5, 5.41) is 12.8. The van der Waals surface area contributed by atoms with Gasteiger partial charge >= 0.3 is 5.97 Å². The van der Waals surface area contributed by atoms with Crippen LogP contribution in [0.1, 0.15) is 12.8 Å². The summed E-state index contributed by atoms with van der Waals surface area (Å²) in [7, 11) is 3.53. The van der Waals surface area contributed by atoms with Crippen molar-refractivity contribution in [3.63, 3.8) is 0 Å². The number of carbonyl (C=O) groups is 1. The molecule has 19 heavy (non-hydrogen) atoms. The number of piperidine rings is 1. The molecule has 5 heteroatoms. The van der Waals surface area contributed by atoms with E-state index in [9.17, 15) is 9.90 Å². The van der Waals surface area contributed by atoms with Crippen molar-refractivity contribution in [1.82, 2.24) is 4.90 Å². The van der Waals surface area contributed by atoms with Gasteiger partial charge in [0.15, 0.2) is 0 Å². The van der Waals surface area contributed by atoms with Crippen LogP contribution >= 0.6 is 0 Å². The second kappa shape index (κ2) is 5.48. The number of benzene rings is 1. The van der Waals surface area contributed by atoms with E-state index < -0.39 is 11.5 Å². The van der Waals surface area contributed by atoms with E-state index in [4.69, 9.17) is 4.74 Å². The highest BCUT2D eigenvalue weighted by Gasteiger charge is 2.42. The number of likely N-dealkylation sites (tertiary alicyclic amines) is 1. The Morgan fingerprint density at radius 2 is 2.21 bits per heavy atom. The number of anilines is 1. The Bertz CT molecular complexity index is 464. The van der Waals surface area contributed by atoms with Crippen LogP contribution in [0.15, 0.2) is 24.3 Å². The average Bonchev–Trinajstić information content (AvgIpc) is 2.39. The fourth-order valence-corrected chi connectivity index (χ4v) is 2.61. The van der Waals surface area contributed by atoms with Crippen molar-refractivity contribution in [3.8, 4) is 5.75 Å². The molecular weight excluding hydrogens is 244 g/mol. The summed E-state index contributed by atoms with van der Waals surface area (Å²) in [6, 6.07) is 7.40. The van der Waals surface area contributed by atoms with Crippen LogP contribution in [0.25, 0.3) is 0 Å². The van der Waals surface area contributed by atoms with Gasteiger partial charge < -0.3 is 20.1 Å².